The van der Waals surface area contributed by atoms with Crippen molar-refractivity contribution >= 4 is 10.9 Å². The first-order valence-corrected chi connectivity index (χ1v) is 10.3. The van der Waals surface area contributed by atoms with E-state index in [1.54, 1.807) is 0 Å². The van der Waals surface area contributed by atoms with Gasteiger partial charge in [-0.15, -0.1) is 0 Å². The zero-order valence-corrected chi connectivity index (χ0v) is 16.4. The van der Waals surface area contributed by atoms with Crippen LogP contribution in [0, 0.1) is 0 Å². The van der Waals surface area contributed by atoms with Crippen molar-refractivity contribution in [1.82, 2.24) is 14.8 Å². The van der Waals surface area contributed by atoms with E-state index < -0.39 is 0 Å². The highest BCUT2D eigenvalue weighted by atomic mass is 16.3. The first-order chi connectivity index (χ1) is 13.8. The molecule has 4 rings (SSSR count). The van der Waals surface area contributed by atoms with E-state index in [2.05, 4.69) is 69.4 Å². The van der Waals surface area contributed by atoms with Crippen molar-refractivity contribution in [2.45, 2.75) is 25.4 Å². The second-order valence-electron chi connectivity index (χ2n) is 7.67. The van der Waals surface area contributed by atoms with Crippen molar-refractivity contribution in [2.24, 2.45) is 0 Å². The lowest BCUT2D eigenvalue weighted by Gasteiger charge is -2.41. The SMILES string of the molecule is OCCC1CN(Cc2cccc3cccnc23)CCN1CCc1ccccc1. The summed E-state index contributed by atoms with van der Waals surface area (Å²) in [7, 11) is 0. The number of aromatic nitrogens is 1. The Morgan fingerprint density at radius 3 is 2.68 bits per heavy atom. The van der Waals surface area contributed by atoms with E-state index >= 15 is 0 Å². The topological polar surface area (TPSA) is 39.6 Å². The number of aliphatic hydroxyl groups is 1. The molecule has 1 aliphatic rings. The maximum atomic E-state index is 9.58. The monoisotopic (exact) mass is 375 g/mol. The molecule has 4 heteroatoms. The number of benzene rings is 2. The molecule has 1 aromatic heterocycles. The summed E-state index contributed by atoms with van der Waals surface area (Å²) >= 11 is 0. The Morgan fingerprint density at radius 1 is 0.964 bits per heavy atom. The van der Waals surface area contributed by atoms with Gasteiger partial charge >= 0.3 is 0 Å². The molecule has 3 aromatic rings. The quantitative estimate of drug-likeness (QED) is 0.687. The van der Waals surface area contributed by atoms with Crippen LogP contribution in [-0.2, 0) is 13.0 Å². The van der Waals surface area contributed by atoms with Gasteiger partial charge in [0.25, 0.3) is 0 Å². The second kappa shape index (κ2) is 9.28. The van der Waals surface area contributed by atoms with Gasteiger partial charge in [-0.25, -0.2) is 0 Å². The molecule has 0 radical (unpaired) electrons. The van der Waals surface area contributed by atoms with E-state index in [9.17, 15) is 5.11 Å². The number of fused-ring (bicyclic) bond motifs is 1. The predicted molar refractivity (Wildman–Crippen MR) is 114 cm³/mol. The number of piperazine rings is 1. The molecule has 2 heterocycles. The minimum absolute atomic E-state index is 0.246. The average molecular weight is 376 g/mol. The highest BCUT2D eigenvalue weighted by Crippen LogP contribution is 2.21. The summed E-state index contributed by atoms with van der Waals surface area (Å²) in [5.41, 5.74) is 3.78. The summed E-state index contributed by atoms with van der Waals surface area (Å²) in [5.74, 6) is 0. The molecule has 1 aliphatic heterocycles. The van der Waals surface area contributed by atoms with Gasteiger partial charge in [0, 0.05) is 57.0 Å². The van der Waals surface area contributed by atoms with Gasteiger partial charge in [-0.05, 0) is 30.0 Å². The van der Waals surface area contributed by atoms with E-state index in [1.165, 1.54) is 16.5 Å². The van der Waals surface area contributed by atoms with Crippen LogP contribution in [0.2, 0.25) is 0 Å². The van der Waals surface area contributed by atoms with Crippen LogP contribution in [0.3, 0.4) is 0 Å². The number of hydrogen-bond donors (Lipinski definition) is 1. The zero-order chi connectivity index (χ0) is 19.2. The van der Waals surface area contributed by atoms with Crippen LogP contribution in [0.1, 0.15) is 17.5 Å². The van der Waals surface area contributed by atoms with Gasteiger partial charge in [-0.1, -0.05) is 54.6 Å². The third kappa shape index (κ3) is 4.58. The molecule has 1 N–H and O–H groups in total. The summed E-state index contributed by atoms with van der Waals surface area (Å²) in [4.78, 5) is 9.68. The van der Waals surface area contributed by atoms with Gasteiger partial charge in [0.05, 0.1) is 5.52 Å². The molecule has 0 bridgehead atoms. The van der Waals surface area contributed by atoms with Gasteiger partial charge in [0.2, 0.25) is 0 Å². The number of pyridine rings is 1. The molecule has 28 heavy (non-hydrogen) atoms. The largest absolute Gasteiger partial charge is 0.396 e. The maximum Gasteiger partial charge on any atom is 0.0746 e. The summed E-state index contributed by atoms with van der Waals surface area (Å²) in [6.07, 6.45) is 3.77. The summed E-state index contributed by atoms with van der Waals surface area (Å²) < 4.78 is 0. The second-order valence-corrected chi connectivity index (χ2v) is 7.67. The fourth-order valence-corrected chi connectivity index (χ4v) is 4.27. The molecule has 0 saturated carbocycles. The first kappa shape index (κ1) is 19.1. The molecule has 1 unspecified atom stereocenters. The Labute approximate surface area is 167 Å². The van der Waals surface area contributed by atoms with Crippen LogP contribution in [0.15, 0.2) is 66.9 Å². The van der Waals surface area contributed by atoms with Crippen molar-refractivity contribution in [1.29, 1.82) is 0 Å². The average Bonchev–Trinajstić information content (AvgIpc) is 2.74. The number of para-hydroxylation sites is 1. The van der Waals surface area contributed by atoms with Crippen LogP contribution in [0.4, 0.5) is 0 Å². The minimum Gasteiger partial charge on any atom is -0.396 e. The molecule has 0 amide bonds. The third-order valence-corrected chi connectivity index (χ3v) is 5.79. The lowest BCUT2D eigenvalue weighted by molar-refractivity contribution is 0.0564. The standard InChI is InChI=1S/C24H29N3O/c28-17-12-23-19-26(15-16-27(23)14-11-20-6-2-1-3-7-20)18-22-9-4-8-21-10-5-13-25-24(21)22/h1-10,13,23,28H,11-12,14-19H2. The molecule has 0 aliphatic carbocycles. The lowest BCUT2D eigenvalue weighted by Crippen LogP contribution is -2.53. The first-order valence-electron chi connectivity index (χ1n) is 10.3. The molecule has 1 fully saturated rings. The third-order valence-electron chi connectivity index (χ3n) is 5.79. The van der Waals surface area contributed by atoms with Crippen LogP contribution in [0.25, 0.3) is 10.9 Å². The molecule has 4 nitrogen and oxygen atoms in total. The van der Waals surface area contributed by atoms with Gasteiger partial charge in [0.15, 0.2) is 0 Å². The number of nitrogens with zero attached hydrogens (tertiary/aromatic N) is 3. The van der Waals surface area contributed by atoms with E-state index in [-0.39, 0.29) is 6.61 Å². The highest BCUT2D eigenvalue weighted by Gasteiger charge is 2.26. The van der Waals surface area contributed by atoms with E-state index in [1.807, 2.05) is 12.3 Å². The zero-order valence-electron chi connectivity index (χ0n) is 16.4. The van der Waals surface area contributed by atoms with E-state index in [0.29, 0.717) is 6.04 Å². The Kier molecular flexibility index (Phi) is 6.32. The summed E-state index contributed by atoms with van der Waals surface area (Å²) in [6, 6.07) is 21.7. The van der Waals surface area contributed by atoms with Crippen molar-refractivity contribution < 1.29 is 5.11 Å². The Hall–Kier alpha value is -2.27. The fourth-order valence-electron chi connectivity index (χ4n) is 4.27. The lowest BCUT2D eigenvalue weighted by atomic mass is 10.0. The van der Waals surface area contributed by atoms with Crippen LogP contribution in [0.5, 0.6) is 0 Å². The highest BCUT2D eigenvalue weighted by molar-refractivity contribution is 5.81. The van der Waals surface area contributed by atoms with E-state index in [4.69, 9.17) is 0 Å². The summed E-state index contributed by atoms with van der Waals surface area (Å²) in [6.45, 7) is 5.32. The van der Waals surface area contributed by atoms with Gasteiger partial charge in [-0.3, -0.25) is 14.8 Å². The van der Waals surface area contributed by atoms with E-state index in [0.717, 1.165) is 51.1 Å². The molecule has 1 atom stereocenters. The molecular formula is C24H29N3O. The van der Waals surface area contributed by atoms with Crippen LogP contribution >= 0.6 is 0 Å². The van der Waals surface area contributed by atoms with Gasteiger partial charge in [-0.2, -0.15) is 0 Å². The maximum absolute atomic E-state index is 9.58. The summed E-state index contributed by atoms with van der Waals surface area (Å²) in [5, 5.41) is 10.8. The molecule has 146 valence electrons. The van der Waals surface area contributed by atoms with Crippen LogP contribution in [-0.4, -0.2) is 58.7 Å². The Morgan fingerprint density at radius 2 is 1.82 bits per heavy atom. The van der Waals surface area contributed by atoms with Crippen LogP contribution < -0.4 is 0 Å². The Balaban J connectivity index is 1.41. The smallest absolute Gasteiger partial charge is 0.0746 e. The van der Waals surface area contributed by atoms with Crippen molar-refractivity contribution in [3.63, 3.8) is 0 Å². The molecular weight excluding hydrogens is 346 g/mol. The molecule has 0 spiro atoms. The van der Waals surface area contributed by atoms with Crippen molar-refractivity contribution in [2.75, 3.05) is 32.8 Å². The van der Waals surface area contributed by atoms with Gasteiger partial charge < -0.3 is 5.11 Å². The molecule has 2 aromatic carbocycles. The van der Waals surface area contributed by atoms with Crippen molar-refractivity contribution in [3.8, 4) is 0 Å². The fraction of sp³-hybridized carbons (Fsp3) is 0.375. The molecule has 1 saturated heterocycles. The number of rotatable bonds is 7. The predicted octanol–water partition coefficient (Wildman–Crippen LogP) is 3.35. The minimum atomic E-state index is 0.246. The Bertz CT molecular complexity index is 878. The van der Waals surface area contributed by atoms with Crippen molar-refractivity contribution in [3.05, 3.63) is 78.0 Å². The number of aliphatic hydroxyl groups excluding tert-OH is 1. The number of hydrogen-bond acceptors (Lipinski definition) is 4. The normalized spacial score (nSPS) is 18.5. The van der Waals surface area contributed by atoms with Gasteiger partial charge in [0.1, 0.15) is 0 Å².